The summed E-state index contributed by atoms with van der Waals surface area (Å²) in [5.74, 6) is 0.323. The van der Waals surface area contributed by atoms with Crippen LogP contribution in [0, 0.1) is 5.92 Å². The molecule has 1 nitrogen and oxygen atoms in total. The number of rotatable bonds is 1. The van der Waals surface area contributed by atoms with Crippen molar-refractivity contribution in [3.05, 3.63) is 35.5 Å². The molecule has 0 N–H and O–H groups in total. The molecule has 1 aliphatic carbocycles. The lowest BCUT2D eigenvalue weighted by Gasteiger charge is -2.16. The number of ketones is 1. The first-order valence-electron chi connectivity index (χ1n) is 6.00. The van der Waals surface area contributed by atoms with Crippen LogP contribution in [0.1, 0.15) is 46.5 Å². The maximum atomic E-state index is 12.1. The molecule has 0 saturated carbocycles. The van der Waals surface area contributed by atoms with Crippen LogP contribution < -0.4 is 0 Å². The topological polar surface area (TPSA) is 17.1 Å². The smallest absolute Gasteiger partial charge is 0.144 e. The van der Waals surface area contributed by atoms with Crippen LogP contribution in [-0.2, 0) is 4.79 Å². The van der Waals surface area contributed by atoms with E-state index in [9.17, 15) is 4.79 Å². The highest BCUT2D eigenvalue weighted by Gasteiger charge is 2.18. The van der Waals surface area contributed by atoms with E-state index in [1.165, 1.54) is 11.1 Å². The number of allylic oxidation sites excluding steroid dienone is 5. The van der Waals surface area contributed by atoms with Crippen LogP contribution in [0.4, 0.5) is 0 Å². The van der Waals surface area contributed by atoms with E-state index in [2.05, 4.69) is 25.7 Å². The first kappa shape index (κ1) is 13.0. The van der Waals surface area contributed by atoms with E-state index < -0.39 is 0 Å². The van der Waals surface area contributed by atoms with Crippen LogP contribution in [0.2, 0.25) is 0 Å². The van der Waals surface area contributed by atoms with Crippen molar-refractivity contribution >= 4 is 5.78 Å². The van der Waals surface area contributed by atoms with Gasteiger partial charge in [0.15, 0.2) is 0 Å². The molecule has 1 unspecified atom stereocenters. The van der Waals surface area contributed by atoms with Crippen molar-refractivity contribution < 1.29 is 4.79 Å². The summed E-state index contributed by atoms with van der Waals surface area (Å²) in [6.07, 6.45) is 7.97. The second kappa shape index (κ2) is 5.83. The Morgan fingerprint density at radius 1 is 1.31 bits per heavy atom. The Morgan fingerprint density at radius 2 is 2.00 bits per heavy atom. The van der Waals surface area contributed by atoms with Gasteiger partial charge in [0.05, 0.1) is 0 Å². The van der Waals surface area contributed by atoms with Crippen LogP contribution in [0.5, 0.6) is 0 Å². The van der Waals surface area contributed by atoms with Crippen LogP contribution in [-0.4, -0.2) is 5.78 Å². The predicted molar refractivity (Wildman–Crippen MR) is 69.3 cm³/mol. The summed E-state index contributed by atoms with van der Waals surface area (Å²) in [6, 6.07) is 0. The lowest BCUT2D eigenvalue weighted by atomic mass is 9.88. The summed E-state index contributed by atoms with van der Waals surface area (Å²) in [5.41, 5.74) is 3.57. The molecule has 0 aromatic rings. The lowest BCUT2D eigenvalue weighted by Crippen LogP contribution is -2.15. The standard InChI is InChI=1S/C15H22O/c1-11(2)14-9-8-12(3)6-5-7-13(4)10-15(14)16/h7-8,14H,1,5-6,9-10H2,2-4H3. The van der Waals surface area contributed by atoms with Crippen molar-refractivity contribution in [2.24, 2.45) is 5.92 Å². The van der Waals surface area contributed by atoms with E-state index in [0.717, 1.165) is 24.8 Å². The maximum absolute atomic E-state index is 12.1. The zero-order chi connectivity index (χ0) is 12.1. The van der Waals surface area contributed by atoms with Crippen molar-refractivity contribution in [1.29, 1.82) is 0 Å². The minimum atomic E-state index is 0.0106. The molecule has 0 bridgehead atoms. The number of Topliss-reactive ketones (excluding diaryl/α,β-unsaturated/α-hetero) is 1. The van der Waals surface area contributed by atoms with E-state index >= 15 is 0 Å². The summed E-state index contributed by atoms with van der Waals surface area (Å²) in [4.78, 5) is 12.1. The summed E-state index contributed by atoms with van der Waals surface area (Å²) in [7, 11) is 0. The molecule has 88 valence electrons. The van der Waals surface area contributed by atoms with Gasteiger partial charge in [0.25, 0.3) is 0 Å². The van der Waals surface area contributed by atoms with Crippen molar-refractivity contribution in [3.8, 4) is 0 Å². The Morgan fingerprint density at radius 3 is 2.62 bits per heavy atom. The molecule has 1 heteroatoms. The molecule has 16 heavy (non-hydrogen) atoms. The Bertz CT molecular complexity index is 344. The van der Waals surface area contributed by atoms with Crippen LogP contribution in [0.25, 0.3) is 0 Å². The number of carbonyl (C=O) groups is 1. The second-order valence-electron chi connectivity index (χ2n) is 4.92. The SMILES string of the molecule is C=C(C)C1CC=C(C)CCC=C(C)CC1=O. The van der Waals surface area contributed by atoms with Gasteiger partial charge in [0.1, 0.15) is 5.78 Å². The zero-order valence-corrected chi connectivity index (χ0v) is 10.7. The molecule has 0 amide bonds. The number of hydrogen-bond donors (Lipinski definition) is 0. The van der Waals surface area contributed by atoms with E-state index in [-0.39, 0.29) is 5.92 Å². The molecule has 0 aliphatic heterocycles. The van der Waals surface area contributed by atoms with Gasteiger partial charge < -0.3 is 0 Å². The molecule has 0 aromatic heterocycles. The van der Waals surface area contributed by atoms with E-state index in [1.54, 1.807) is 0 Å². The molecule has 0 spiro atoms. The fraction of sp³-hybridized carbons (Fsp3) is 0.533. The normalized spacial score (nSPS) is 23.4. The Balaban J connectivity index is 2.89. The third-order valence-corrected chi connectivity index (χ3v) is 3.17. The molecule has 1 rings (SSSR count). The fourth-order valence-electron chi connectivity index (χ4n) is 2.04. The van der Waals surface area contributed by atoms with E-state index in [4.69, 9.17) is 0 Å². The maximum Gasteiger partial charge on any atom is 0.144 e. The number of carbonyl (C=O) groups excluding carboxylic acids is 1. The lowest BCUT2D eigenvalue weighted by molar-refractivity contribution is -0.121. The van der Waals surface area contributed by atoms with Crippen molar-refractivity contribution in [2.45, 2.75) is 46.5 Å². The monoisotopic (exact) mass is 218 g/mol. The molecule has 1 aliphatic rings. The quantitative estimate of drug-likeness (QED) is 0.602. The summed E-state index contributed by atoms with van der Waals surface area (Å²) < 4.78 is 0. The van der Waals surface area contributed by atoms with Crippen molar-refractivity contribution in [1.82, 2.24) is 0 Å². The van der Waals surface area contributed by atoms with Gasteiger partial charge in [0.2, 0.25) is 0 Å². The van der Waals surface area contributed by atoms with Gasteiger partial charge in [-0.3, -0.25) is 4.79 Å². The Kier molecular flexibility index (Phi) is 4.72. The molecule has 1 atom stereocenters. The minimum absolute atomic E-state index is 0.0106. The fourth-order valence-corrected chi connectivity index (χ4v) is 2.04. The number of hydrogen-bond acceptors (Lipinski definition) is 1. The third kappa shape index (κ3) is 3.80. The Hall–Kier alpha value is -1.11. The molecular formula is C15H22O. The zero-order valence-electron chi connectivity index (χ0n) is 10.7. The van der Waals surface area contributed by atoms with Gasteiger partial charge >= 0.3 is 0 Å². The Labute approximate surface area is 98.9 Å². The summed E-state index contributed by atoms with van der Waals surface area (Å²) >= 11 is 0. The molecule has 0 fully saturated rings. The van der Waals surface area contributed by atoms with Gasteiger partial charge in [-0.2, -0.15) is 0 Å². The largest absolute Gasteiger partial charge is 0.299 e. The third-order valence-electron chi connectivity index (χ3n) is 3.17. The molecule has 0 aromatic carbocycles. The van der Waals surface area contributed by atoms with Gasteiger partial charge in [-0.1, -0.05) is 35.5 Å². The highest BCUT2D eigenvalue weighted by molar-refractivity contribution is 5.85. The van der Waals surface area contributed by atoms with E-state index in [0.29, 0.717) is 12.2 Å². The molecular weight excluding hydrogens is 196 g/mol. The van der Waals surface area contributed by atoms with E-state index in [1.807, 2.05) is 13.8 Å². The van der Waals surface area contributed by atoms with Crippen molar-refractivity contribution in [3.63, 3.8) is 0 Å². The first-order chi connectivity index (χ1) is 7.50. The molecule has 0 radical (unpaired) electrons. The molecule has 0 saturated heterocycles. The molecule has 0 heterocycles. The average molecular weight is 218 g/mol. The van der Waals surface area contributed by atoms with Gasteiger partial charge in [-0.15, -0.1) is 0 Å². The van der Waals surface area contributed by atoms with Gasteiger partial charge in [-0.05, 0) is 40.0 Å². The van der Waals surface area contributed by atoms with Gasteiger partial charge in [-0.25, -0.2) is 0 Å². The average Bonchev–Trinajstić information content (AvgIpc) is 2.16. The predicted octanol–water partition coefficient (Wildman–Crippen LogP) is 4.21. The van der Waals surface area contributed by atoms with Crippen molar-refractivity contribution in [2.75, 3.05) is 0 Å². The second-order valence-corrected chi connectivity index (χ2v) is 4.92. The van der Waals surface area contributed by atoms with Gasteiger partial charge in [0, 0.05) is 12.3 Å². The van der Waals surface area contributed by atoms with Crippen LogP contribution in [0.15, 0.2) is 35.5 Å². The highest BCUT2D eigenvalue weighted by Crippen LogP contribution is 2.22. The minimum Gasteiger partial charge on any atom is -0.299 e. The van der Waals surface area contributed by atoms with Crippen LogP contribution in [0.3, 0.4) is 0 Å². The first-order valence-corrected chi connectivity index (χ1v) is 6.00. The summed E-state index contributed by atoms with van der Waals surface area (Å²) in [6.45, 7) is 10.1. The highest BCUT2D eigenvalue weighted by atomic mass is 16.1. The summed E-state index contributed by atoms with van der Waals surface area (Å²) in [5, 5.41) is 0. The van der Waals surface area contributed by atoms with Crippen LogP contribution >= 0.6 is 0 Å².